The minimum Gasteiger partial charge on any atom is -0.394 e. The van der Waals surface area contributed by atoms with Crippen LogP contribution in [-0.2, 0) is 10.0 Å². The predicted octanol–water partition coefficient (Wildman–Crippen LogP) is 2.00. The first-order valence-corrected chi connectivity index (χ1v) is 7.37. The summed E-state index contributed by atoms with van der Waals surface area (Å²) >= 11 is 3.05. The van der Waals surface area contributed by atoms with E-state index in [0.29, 0.717) is 10.2 Å². The Bertz CT molecular complexity index is 729. The Morgan fingerprint density at radius 2 is 2.16 bits per heavy atom. The van der Waals surface area contributed by atoms with Crippen LogP contribution in [0.5, 0.6) is 0 Å². The van der Waals surface area contributed by atoms with Crippen molar-refractivity contribution in [3.8, 4) is 0 Å². The number of nitrogens with zero attached hydrogens (tertiary/aromatic N) is 1. The standard InChI is InChI=1S/C10H10BrFN4O2S/c1-5-9(13)10(15-14-5)16-19(17,18)8-3-2-6(11)4-7(8)12/h2-4H,13H2,1H3,(H2,14,15,16). The van der Waals surface area contributed by atoms with E-state index in [9.17, 15) is 12.8 Å². The highest BCUT2D eigenvalue weighted by molar-refractivity contribution is 9.10. The number of anilines is 2. The van der Waals surface area contributed by atoms with E-state index in [-0.39, 0.29) is 11.5 Å². The average molecular weight is 349 g/mol. The van der Waals surface area contributed by atoms with Gasteiger partial charge < -0.3 is 5.73 Å². The van der Waals surface area contributed by atoms with Crippen LogP contribution in [0.3, 0.4) is 0 Å². The summed E-state index contributed by atoms with van der Waals surface area (Å²) in [5, 5.41) is 6.23. The van der Waals surface area contributed by atoms with Crippen molar-refractivity contribution >= 4 is 37.5 Å². The fourth-order valence-electron chi connectivity index (χ4n) is 1.39. The summed E-state index contributed by atoms with van der Waals surface area (Å²) in [4.78, 5) is -0.476. The molecule has 1 aromatic heterocycles. The topological polar surface area (TPSA) is 101 Å². The SMILES string of the molecule is Cc1[nH]nc(NS(=O)(=O)c2ccc(Br)cc2F)c1N. The average Bonchev–Trinajstić information content (AvgIpc) is 2.60. The number of rotatable bonds is 3. The highest BCUT2D eigenvalue weighted by Crippen LogP contribution is 2.24. The molecule has 0 radical (unpaired) electrons. The third-order valence-electron chi connectivity index (χ3n) is 2.41. The molecule has 1 aromatic carbocycles. The van der Waals surface area contributed by atoms with Crippen LogP contribution in [0.25, 0.3) is 0 Å². The number of nitrogens with one attached hydrogen (secondary N) is 2. The second kappa shape index (κ2) is 4.82. The van der Waals surface area contributed by atoms with Gasteiger partial charge in [0.15, 0.2) is 5.82 Å². The van der Waals surface area contributed by atoms with Gasteiger partial charge >= 0.3 is 0 Å². The van der Waals surface area contributed by atoms with Crippen LogP contribution in [0, 0.1) is 12.7 Å². The van der Waals surface area contributed by atoms with E-state index < -0.39 is 20.7 Å². The van der Waals surface area contributed by atoms with Gasteiger partial charge in [-0.1, -0.05) is 15.9 Å². The number of nitrogens with two attached hydrogens (primary N) is 1. The largest absolute Gasteiger partial charge is 0.394 e. The third kappa shape index (κ3) is 2.71. The van der Waals surface area contributed by atoms with E-state index in [4.69, 9.17) is 5.73 Å². The lowest BCUT2D eigenvalue weighted by molar-refractivity contribution is 0.569. The van der Waals surface area contributed by atoms with Gasteiger partial charge in [0.2, 0.25) is 0 Å². The predicted molar refractivity (Wildman–Crippen MR) is 72.6 cm³/mol. The molecule has 0 atom stereocenters. The molecular weight excluding hydrogens is 339 g/mol. The summed E-state index contributed by atoms with van der Waals surface area (Å²) in [6, 6.07) is 3.64. The molecule has 0 bridgehead atoms. The lowest BCUT2D eigenvalue weighted by Gasteiger charge is -2.07. The maximum atomic E-state index is 13.6. The van der Waals surface area contributed by atoms with Crippen molar-refractivity contribution in [3.05, 3.63) is 34.2 Å². The number of aromatic nitrogens is 2. The Hall–Kier alpha value is -1.61. The Morgan fingerprint density at radius 3 is 2.68 bits per heavy atom. The van der Waals surface area contributed by atoms with Crippen LogP contribution in [-0.4, -0.2) is 18.6 Å². The third-order valence-corrected chi connectivity index (χ3v) is 4.27. The molecule has 0 amide bonds. The van der Waals surface area contributed by atoms with Crippen LogP contribution in [0.1, 0.15) is 5.69 Å². The van der Waals surface area contributed by atoms with Crippen LogP contribution < -0.4 is 10.5 Å². The Labute approximate surface area is 117 Å². The van der Waals surface area contributed by atoms with Gasteiger partial charge in [0, 0.05) is 4.47 Å². The van der Waals surface area contributed by atoms with Crippen LogP contribution in [0.15, 0.2) is 27.6 Å². The molecule has 0 saturated heterocycles. The molecular formula is C10H10BrFN4O2S. The molecule has 9 heteroatoms. The van der Waals surface area contributed by atoms with E-state index in [2.05, 4.69) is 30.8 Å². The van der Waals surface area contributed by atoms with E-state index in [1.54, 1.807) is 6.92 Å². The lowest BCUT2D eigenvalue weighted by Crippen LogP contribution is -2.15. The lowest BCUT2D eigenvalue weighted by atomic mass is 10.3. The molecule has 6 nitrogen and oxygen atoms in total. The number of sulfonamides is 1. The number of H-pyrrole nitrogens is 1. The molecule has 19 heavy (non-hydrogen) atoms. The zero-order valence-electron chi connectivity index (χ0n) is 9.74. The summed E-state index contributed by atoms with van der Waals surface area (Å²) in [6.07, 6.45) is 0. The van der Waals surface area contributed by atoms with Crippen molar-refractivity contribution < 1.29 is 12.8 Å². The Morgan fingerprint density at radius 1 is 1.47 bits per heavy atom. The first kappa shape index (κ1) is 13.8. The monoisotopic (exact) mass is 348 g/mol. The van der Waals surface area contributed by atoms with Crippen molar-refractivity contribution in [2.45, 2.75) is 11.8 Å². The van der Waals surface area contributed by atoms with Crippen molar-refractivity contribution in [1.29, 1.82) is 0 Å². The number of benzene rings is 1. The van der Waals surface area contributed by atoms with E-state index in [1.165, 1.54) is 6.07 Å². The number of hydrogen-bond donors (Lipinski definition) is 3. The van der Waals surface area contributed by atoms with Gasteiger partial charge in [-0.3, -0.25) is 9.82 Å². The first-order valence-electron chi connectivity index (χ1n) is 5.09. The zero-order valence-corrected chi connectivity index (χ0v) is 12.1. The molecule has 0 spiro atoms. The Kier molecular flexibility index (Phi) is 3.50. The molecule has 0 aliphatic carbocycles. The molecule has 0 saturated carbocycles. The number of aryl methyl sites for hydroxylation is 1. The number of aromatic amines is 1. The molecule has 0 aliphatic rings. The first-order chi connectivity index (χ1) is 8.81. The van der Waals surface area contributed by atoms with Crippen LogP contribution >= 0.6 is 15.9 Å². The fraction of sp³-hybridized carbons (Fsp3) is 0.100. The van der Waals surface area contributed by atoms with Gasteiger partial charge in [0.05, 0.1) is 11.4 Å². The summed E-state index contributed by atoms with van der Waals surface area (Å²) in [6.45, 7) is 1.64. The number of hydrogen-bond acceptors (Lipinski definition) is 4. The fourth-order valence-corrected chi connectivity index (χ4v) is 2.81. The number of nitrogen functional groups attached to an aromatic ring is 1. The van der Waals surface area contributed by atoms with Crippen molar-refractivity contribution in [3.63, 3.8) is 0 Å². The van der Waals surface area contributed by atoms with Gasteiger partial charge in [0.1, 0.15) is 10.7 Å². The summed E-state index contributed by atoms with van der Waals surface area (Å²) in [7, 11) is -4.08. The number of halogens is 2. The van der Waals surface area contributed by atoms with E-state index in [0.717, 1.165) is 12.1 Å². The van der Waals surface area contributed by atoms with Gasteiger partial charge in [-0.25, -0.2) is 12.8 Å². The molecule has 1 heterocycles. The highest BCUT2D eigenvalue weighted by atomic mass is 79.9. The second-order valence-corrected chi connectivity index (χ2v) is 6.36. The minimum absolute atomic E-state index is 0.0557. The zero-order chi connectivity index (χ0) is 14.2. The van der Waals surface area contributed by atoms with Gasteiger partial charge in [-0.05, 0) is 25.1 Å². The van der Waals surface area contributed by atoms with Crippen molar-refractivity contribution in [1.82, 2.24) is 10.2 Å². The van der Waals surface area contributed by atoms with Crippen molar-refractivity contribution in [2.24, 2.45) is 0 Å². The smallest absolute Gasteiger partial charge is 0.266 e. The highest BCUT2D eigenvalue weighted by Gasteiger charge is 2.21. The maximum Gasteiger partial charge on any atom is 0.266 e. The summed E-state index contributed by atoms with van der Waals surface area (Å²) in [5.41, 5.74) is 6.32. The molecule has 4 N–H and O–H groups in total. The molecule has 0 unspecified atom stereocenters. The molecule has 0 aliphatic heterocycles. The van der Waals surface area contributed by atoms with Crippen LogP contribution in [0.2, 0.25) is 0 Å². The molecule has 2 rings (SSSR count). The summed E-state index contributed by atoms with van der Waals surface area (Å²) in [5.74, 6) is -0.924. The summed E-state index contributed by atoms with van der Waals surface area (Å²) < 4.78 is 40.3. The van der Waals surface area contributed by atoms with Gasteiger partial charge in [-0.2, -0.15) is 5.10 Å². The molecule has 102 valence electrons. The normalized spacial score (nSPS) is 11.5. The molecule has 2 aromatic rings. The van der Waals surface area contributed by atoms with Gasteiger partial charge in [-0.15, -0.1) is 0 Å². The van der Waals surface area contributed by atoms with E-state index in [1.807, 2.05) is 0 Å². The van der Waals surface area contributed by atoms with E-state index >= 15 is 0 Å². The molecule has 0 fully saturated rings. The van der Waals surface area contributed by atoms with Crippen LogP contribution in [0.4, 0.5) is 15.9 Å². The maximum absolute atomic E-state index is 13.6. The quantitative estimate of drug-likeness (QED) is 0.789. The van der Waals surface area contributed by atoms with Crippen molar-refractivity contribution in [2.75, 3.05) is 10.5 Å². The minimum atomic E-state index is -4.08. The second-order valence-electron chi connectivity index (χ2n) is 3.79. The van der Waals surface area contributed by atoms with Gasteiger partial charge in [0.25, 0.3) is 10.0 Å². The Balaban J connectivity index is 2.41.